The zero-order valence-corrected chi connectivity index (χ0v) is 15.5. The molecule has 2 aromatic rings. The molecule has 130 valence electrons. The fraction of sp³-hybridized carbons (Fsp3) is 0.500. The second-order valence-electron chi connectivity index (χ2n) is 6.07. The molecule has 0 atom stereocenters. The molecule has 0 aliphatic carbocycles. The molecule has 24 heavy (non-hydrogen) atoms. The van der Waals surface area contributed by atoms with Crippen molar-refractivity contribution < 1.29 is 4.79 Å². The Hall–Kier alpha value is -1.82. The number of rotatable bonds is 9. The van der Waals surface area contributed by atoms with Crippen LogP contribution < -0.4 is 5.32 Å². The van der Waals surface area contributed by atoms with Crippen molar-refractivity contribution in [2.24, 2.45) is 5.92 Å². The van der Waals surface area contributed by atoms with Crippen molar-refractivity contribution in [1.82, 2.24) is 20.1 Å². The third-order valence-corrected chi connectivity index (χ3v) is 4.60. The number of aromatic nitrogens is 3. The highest BCUT2D eigenvalue weighted by molar-refractivity contribution is 7.99. The second kappa shape index (κ2) is 9.47. The standard InChI is InChI=1S/C18H26N4OS/c1-4-22-17(15-9-6-5-7-10-15)20-21-18(22)24-12-8-11-16(23)19-13-14(2)3/h5-7,9-10,14H,4,8,11-13H2,1-3H3,(H,19,23). The van der Waals surface area contributed by atoms with E-state index < -0.39 is 0 Å². The minimum Gasteiger partial charge on any atom is -0.356 e. The Morgan fingerprint density at radius 3 is 2.67 bits per heavy atom. The van der Waals surface area contributed by atoms with Gasteiger partial charge >= 0.3 is 0 Å². The number of amides is 1. The average Bonchev–Trinajstić information content (AvgIpc) is 3.00. The van der Waals surface area contributed by atoms with Crippen molar-refractivity contribution in [1.29, 1.82) is 0 Å². The van der Waals surface area contributed by atoms with E-state index in [0.717, 1.165) is 41.8 Å². The van der Waals surface area contributed by atoms with Crippen LogP contribution in [0, 0.1) is 5.92 Å². The van der Waals surface area contributed by atoms with Gasteiger partial charge in [-0.25, -0.2) is 0 Å². The van der Waals surface area contributed by atoms with Gasteiger partial charge < -0.3 is 9.88 Å². The monoisotopic (exact) mass is 346 g/mol. The van der Waals surface area contributed by atoms with Gasteiger partial charge in [-0.1, -0.05) is 55.9 Å². The number of hydrogen-bond donors (Lipinski definition) is 1. The number of carbonyl (C=O) groups excluding carboxylic acids is 1. The van der Waals surface area contributed by atoms with E-state index in [9.17, 15) is 4.79 Å². The van der Waals surface area contributed by atoms with Gasteiger partial charge in [0.1, 0.15) is 0 Å². The summed E-state index contributed by atoms with van der Waals surface area (Å²) in [5.41, 5.74) is 1.08. The molecule has 0 bridgehead atoms. The van der Waals surface area contributed by atoms with E-state index in [2.05, 4.69) is 40.9 Å². The topological polar surface area (TPSA) is 59.8 Å². The van der Waals surface area contributed by atoms with Crippen molar-refractivity contribution in [2.75, 3.05) is 12.3 Å². The SMILES string of the molecule is CCn1c(SCCCC(=O)NCC(C)C)nnc1-c1ccccc1. The quantitative estimate of drug-likeness (QED) is 0.556. The van der Waals surface area contributed by atoms with Crippen LogP contribution in [0.3, 0.4) is 0 Å². The lowest BCUT2D eigenvalue weighted by atomic mass is 10.2. The van der Waals surface area contributed by atoms with E-state index in [4.69, 9.17) is 0 Å². The summed E-state index contributed by atoms with van der Waals surface area (Å²) in [6.45, 7) is 7.86. The van der Waals surface area contributed by atoms with Crippen LogP contribution in [0.15, 0.2) is 35.5 Å². The minimum atomic E-state index is 0.131. The van der Waals surface area contributed by atoms with Crippen LogP contribution in [-0.2, 0) is 11.3 Å². The highest BCUT2D eigenvalue weighted by atomic mass is 32.2. The fourth-order valence-electron chi connectivity index (χ4n) is 2.28. The summed E-state index contributed by atoms with van der Waals surface area (Å²) in [5, 5.41) is 12.5. The predicted molar refractivity (Wildman–Crippen MR) is 98.9 cm³/mol. The van der Waals surface area contributed by atoms with Gasteiger partial charge in [-0.05, 0) is 19.3 Å². The Morgan fingerprint density at radius 1 is 1.25 bits per heavy atom. The van der Waals surface area contributed by atoms with Crippen LogP contribution in [0.4, 0.5) is 0 Å². The Balaban J connectivity index is 1.85. The molecule has 1 N–H and O–H groups in total. The largest absolute Gasteiger partial charge is 0.356 e. The predicted octanol–water partition coefficient (Wildman–Crippen LogP) is 3.61. The lowest BCUT2D eigenvalue weighted by Gasteiger charge is -2.08. The first-order valence-corrected chi connectivity index (χ1v) is 9.48. The summed E-state index contributed by atoms with van der Waals surface area (Å²) in [5.74, 6) is 2.38. The molecule has 0 fully saturated rings. The van der Waals surface area contributed by atoms with E-state index in [1.807, 2.05) is 30.3 Å². The van der Waals surface area contributed by atoms with Crippen molar-refractivity contribution >= 4 is 17.7 Å². The van der Waals surface area contributed by atoms with Crippen LogP contribution in [0.1, 0.15) is 33.6 Å². The van der Waals surface area contributed by atoms with Crippen LogP contribution in [0.5, 0.6) is 0 Å². The Kier molecular flexibility index (Phi) is 7.31. The van der Waals surface area contributed by atoms with E-state index in [1.165, 1.54) is 0 Å². The average molecular weight is 347 g/mol. The number of nitrogens with one attached hydrogen (secondary N) is 1. The van der Waals surface area contributed by atoms with Gasteiger partial charge in [0.25, 0.3) is 0 Å². The minimum absolute atomic E-state index is 0.131. The summed E-state index contributed by atoms with van der Waals surface area (Å²) in [4.78, 5) is 11.7. The zero-order valence-electron chi connectivity index (χ0n) is 14.7. The number of carbonyl (C=O) groups is 1. The third-order valence-electron chi connectivity index (χ3n) is 3.55. The molecule has 1 aromatic carbocycles. The Bertz CT molecular complexity index is 640. The maximum atomic E-state index is 11.7. The van der Waals surface area contributed by atoms with Crippen molar-refractivity contribution in [2.45, 2.75) is 45.3 Å². The molecule has 5 nitrogen and oxygen atoms in total. The van der Waals surface area contributed by atoms with Crippen LogP contribution in [0.2, 0.25) is 0 Å². The molecule has 0 saturated heterocycles. The smallest absolute Gasteiger partial charge is 0.220 e. The summed E-state index contributed by atoms with van der Waals surface area (Å²) in [7, 11) is 0. The van der Waals surface area contributed by atoms with Crippen molar-refractivity contribution in [3.8, 4) is 11.4 Å². The lowest BCUT2D eigenvalue weighted by Crippen LogP contribution is -2.27. The first-order valence-electron chi connectivity index (χ1n) is 8.50. The Morgan fingerprint density at radius 2 is 2.00 bits per heavy atom. The van der Waals surface area contributed by atoms with Crippen LogP contribution >= 0.6 is 11.8 Å². The van der Waals surface area contributed by atoms with Gasteiger partial charge in [-0.2, -0.15) is 0 Å². The van der Waals surface area contributed by atoms with Crippen molar-refractivity contribution in [3.05, 3.63) is 30.3 Å². The van der Waals surface area contributed by atoms with Gasteiger partial charge in [0, 0.05) is 30.8 Å². The number of thioether (sulfide) groups is 1. The summed E-state index contributed by atoms with van der Waals surface area (Å²) in [6.07, 6.45) is 1.40. The molecule has 2 rings (SSSR count). The van der Waals surface area contributed by atoms with E-state index in [0.29, 0.717) is 12.3 Å². The number of benzene rings is 1. The molecule has 1 aromatic heterocycles. The molecule has 0 radical (unpaired) electrons. The molecule has 0 saturated carbocycles. The zero-order chi connectivity index (χ0) is 17.4. The molecular weight excluding hydrogens is 320 g/mol. The van der Waals surface area contributed by atoms with Gasteiger partial charge in [0.15, 0.2) is 11.0 Å². The molecular formula is C18H26N4OS. The van der Waals surface area contributed by atoms with Crippen LogP contribution in [-0.4, -0.2) is 33.0 Å². The number of nitrogens with zero attached hydrogens (tertiary/aromatic N) is 3. The van der Waals surface area contributed by atoms with E-state index in [1.54, 1.807) is 11.8 Å². The fourth-order valence-corrected chi connectivity index (χ4v) is 3.23. The highest BCUT2D eigenvalue weighted by Crippen LogP contribution is 2.24. The Labute approximate surface area is 148 Å². The molecule has 0 aliphatic rings. The highest BCUT2D eigenvalue weighted by Gasteiger charge is 2.12. The summed E-state index contributed by atoms with van der Waals surface area (Å²) < 4.78 is 2.12. The summed E-state index contributed by atoms with van der Waals surface area (Å²) in [6, 6.07) is 10.1. The van der Waals surface area contributed by atoms with Gasteiger partial charge in [0.2, 0.25) is 5.91 Å². The van der Waals surface area contributed by atoms with Crippen molar-refractivity contribution in [3.63, 3.8) is 0 Å². The molecule has 0 spiro atoms. The number of hydrogen-bond acceptors (Lipinski definition) is 4. The molecule has 6 heteroatoms. The van der Waals surface area contributed by atoms with Gasteiger partial charge in [-0.3, -0.25) is 4.79 Å². The maximum absolute atomic E-state index is 11.7. The molecule has 1 amide bonds. The van der Waals surface area contributed by atoms with E-state index in [-0.39, 0.29) is 5.91 Å². The van der Waals surface area contributed by atoms with E-state index >= 15 is 0 Å². The summed E-state index contributed by atoms with van der Waals surface area (Å²) >= 11 is 1.66. The maximum Gasteiger partial charge on any atom is 0.220 e. The second-order valence-corrected chi connectivity index (χ2v) is 7.13. The third kappa shape index (κ3) is 5.37. The lowest BCUT2D eigenvalue weighted by molar-refractivity contribution is -0.121. The molecule has 0 aliphatic heterocycles. The normalized spacial score (nSPS) is 11.0. The van der Waals surface area contributed by atoms with Gasteiger partial charge in [0.05, 0.1) is 0 Å². The van der Waals surface area contributed by atoms with Gasteiger partial charge in [-0.15, -0.1) is 10.2 Å². The molecule has 0 unspecified atom stereocenters. The first kappa shape index (κ1) is 18.5. The van der Waals surface area contributed by atoms with Crippen LogP contribution in [0.25, 0.3) is 11.4 Å². The first-order chi connectivity index (χ1) is 11.6. The molecule has 1 heterocycles.